The number of Topliss-reactive ketones (excluding diaryl/α,β-unsaturated/α-hetero) is 1. The lowest BCUT2D eigenvalue weighted by Gasteiger charge is -2.23. The predicted octanol–water partition coefficient (Wildman–Crippen LogP) is 1.13. The Balaban J connectivity index is 2.01. The number of pyridine rings is 1. The SMILES string of the molecule is Cn1c(=O)[nH]c(=O)c2c3c(cnc21)C(=O)CC(c1ccco1)C3. The molecule has 1 atom stereocenters. The fourth-order valence-corrected chi connectivity index (χ4v) is 3.20. The van der Waals surface area contributed by atoms with Gasteiger partial charge >= 0.3 is 5.69 Å². The lowest BCUT2D eigenvalue weighted by Crippen LogP contribution is -2.31. The minimum Gasteiger partial charge on any atom is -0.469 e. The molecule has 4 rings (SSSR count). The molecule has 7 heteroatoms. The van der Waals surface area contributed by atoms with E-state index in [-0.39, 0.29) is 17.3 Å². The van der Waals surface area contributed by atoms with Crippen molar-refractivity contribution in [1.82, 2.24) is 14.5 Å². The van der Waals surface area contributed by atoms with Crippen molar-refractivity contribution in [1.29, 1.82) is 0 Å². The van der Waals surface area contributed by atoms with Gasteiger partial charge in [0.1, 0.15) is 11.4 Å². The second-order valence-electron chi connectivity index (χ2n) is 5.71. The summed E-state index contributed by atoms with van der Waals surface area (Å²) in [4.78, 5) is 42.9. The lowest BCUT2D eigenvalue weighted by molar-refractivity contribution is 0.0960. The number of aromatic amines is 1. The number of aryl methyl sites for hydroxylation is 1. The quantitative estimate of drug-likeness (QED) is 0.726. The number of hydrogen-bond acceptors (Lipinski definition) is 5. The van der Waals surface area contributed by atoms with Gasteiger partial charge in [0.25, 0.3) is 5.56 Å². The van der Waals surface area contributed by atoms with Crippen molar-refractivity contribution >= 4 is 16.8 Å². The first kappa shape index (κ1) is 13.7. The first-order chi connectivity index (χ1) is 11.1. The maximum absolute atomic E-state index is 12.4. The molecule has 0 saturated carbocycles. The van der Waals surface area contributed by atoms with Gasteiger partial charge < -0.3 is 4.42 Å². The van der Waals surface area contributed by atoms with Crippen molar-refractivity contribution in [2.24, 2.45) is 7.05 Å². The fraction of sp³-hybridized carbons (Fsp3) is 0.250. The second-order valence-corrected chi connectivity index (χ2v) is 5.71. The summed E-state index contributed by atoms with van der Waals surface area (Å²) in [6, 6.07) is 3.60. The zero-order valence-corrected chi connectivity index (χ0v) is 12.3. The van der Waals surface area contributed by atoms with Crippen LogP contribution in [-0.2, 0) is 13.5 Å². The number of fused-ring (bicyclic) bond motifs is 3. The standard InChI is InChI=1S/C16H13N3O4/c1-19-14-13(15(21)18-16(19)22)9-5-8(12-3-2-4-23-12)6-11(20)10(9)7-17-14/h2-4,7-8H,5-6H2,1H3,(H,18,21,22). The highest BCUT2D eigenvalue weighted by atomic mass is 16.3. The van der Waals surface area contributed by atoms with Gasteiger partial charge in [-0.25, -0.2) is 9.78 Å². The first-order valence-electron chi connectivity index (χ1n) is 7.23. The van der Waals surface area contributed by atoms with Crippen molar-refractivity contribution < 1.29 is 9.21 Å². The summed E-state index contributed by atoms with van der Waals surface area (Å²) < 4.78 is 6.69. The molecule has 3 aromatic rings. The normalized spacial score (nSPS) is 17.4. The zero-order valence-electron chi connectivity index (χ0n) is 12.3. The van der Waals surface area contributed by atoms with Gasteiger partial charge in [-0.05, 0) is 24.1 Å². The molecular formula is C16H13N3O4. The van der Waals surface area contributed by atoms with Crippen LogP contribution in [0.4, 0.5) is 0 Å². The van der Waals surface area contributed by atoms with E-state index < -0.39 is 11.2 Å². The number of carbonyl (C=O) groups is 1. The molecule has 0 spiro atoms. The number of ketones is 1. The number of carbonyl (C=O) groups excluding carboxylic acids is 1. The van der Waals surface area contributed by atoms with Crippen LogP contribution in [0.3, 0.4) is 0 Å². The van der Waals surface area contributed by atoms with Crippen LogP contribution in [0, 0.1) is 0 Å². The predicted molar refractivity (Wildman–Crippen MR) is 81.7 cm³/mol. The second kappa shape index (κ2) is 4.77. The van der Waals surface area contributed by atoms with Crippen LogP contribution in [0.15, 0.2) is 38.6 Å². The highest BCUT2D eigenvalue weighted by Crippen LogP contribution is 2.34. The van der Waals surface area contributed by atoms with Crippen LogP contribution in [0.5, 0.6) is 0 Å². The average molecular weight is 311 g/mol. The van der Waals surface area contributed by atoms with Crippen molar-refractivity contribution in [2.45, 2.75) is 18.8 Å². The third-order valence-electron chi connectivity index (χ3n) is 4.36. The molecule has 0 fully saturated rings. The summed E-state index contributed by atoms with van der Waals surface area (Å²) in [5, 5.41) is 0.300. The van der Waals surface area contributed by atoms with Crippen LogP contribution in [0.25, 0.3) is 11.0 Å². The van der Waals surface area contributed by atoms with Gasteiger partial charge in [-0.15, -0.1) is 0 Å². The fourth-order valence-electron chi connectivity index (χ4n) is 3.20. The smallest absolute Gasteiger partial charge is 0.329 e. The molecule has 1 N–H and O–H groups in total. The monoisotopic (exact) mass is 311 g/mol. The van der Waals surface area contributed by atoms with Gasteiger partial charge in [0.15, 0.2) is 5.78 Å². The van der Waals surface area contributed by atoms with Crippen molar-refractivity contribution in [2.75, 3.05) is 0 Å². The van der Waals surface area contributed by atoms with Gasteiger partial charge in [-0.2, -0.15) is 0 Å². The number of H-pyrrole nitrogens is 1. The number of hydrogen-bond donors (Lipinski definition) is 1. The topological polar surface area (TPSA) is 98.0 Å². The molecule has 0 aromatic carbocycles. The summed E-state index contributed by atoms with van der Waals surface area (Å²) in [6.07, 6.45) is 3.83. The Morgan fingerprint density at radius 3 is 2.87 bits per heavy atom. The highest BCUT2D eigenvalue weighted by Gasteiger charge is 2.30. The molecule has 1 aliphatic rings. The van der Waals surface area contributed by atoms with E-state index in [2.05, 4.69) is 9.97 Å². The van der Waals surface area contributed by atoms with Gasteiger partial charge in [0.05, 0.1) is 11.6 Å². The Kier molecular flexibility index (Phi) is 2.84. The third kappa shape index (κ3) is 1.97. The molecule has 116 valence electrons. The Hall–Kier alpha value is -2.96. The van der Waals surface area contributed by atoms with E-state index >= 15 is 0 Å². The van der Waals surface area contributed by atoms with Gasteiger partial charge in [0.2, 0.25) is 0 Å². The van der Waals surface area contributed by atoms with Crippen molar-refractivity contribution in [3.63, 3.8) is 0 Å². The Bertz CT molecular complexity index is 1040. The molecule has 0 bridgehead atoms. The molecule has 0 radical (unpaired) electrons. The van der Waals surface area contributed by atoms with Gasteiger partial charge in [0, 0.05) is 31.1 Å². The molecule has 23 heavy (non-hydrogen) atoms. The van der Waals surface area contributed by atoms with Crippen LogP contribution >= 0.6 is 0 Å². The van der Waals surface area contributed by atoms with Crippen molar-refractivity contribution in [3.05, 3.63) is 62.3 Å². The molecule has 0 saturated heterocycles. The Labute approximate surface area is 129 Å². The number of nitrogens with one attached hydrogen (secondary N) is 1. The van der Waals surface area contributed by atoms with E-state index in [1.165, 1.54) is 17.8 Å². The van der Waals surface area contributed by atoms with Crippen molar-refractivity contribution in [3.8, 4) is 0 Å². The average Bonchev–Trinajstić information content (AvgIpc) is 3.06. The van der Waals surface area contributed by atoms with Crippen LogP contribution in [-0.4, -0.2) is 20.3 Å². The molecule has 7 nitrogen and oxygen atoms in total. The summed E-state index contributed by atoms with van der Waals surface area (Å²) in [7, 11) is 1.54. The molecule has 1 unspecified atom stereocenters. The molecule has 3 aromatic heterocycles. The molecular weight excluding hydrogens is 298 g/mol. The van der Waals surface area contributed by atoms with E-state index in [0.29, 0.717) is 29.4 Å². The highest BCUT2D eigenvalue weighted by molar-refractivity contribution is 6.02. The van der Waals surface area contributed by atoms with Crippen LogP contribution in [0.1, 0.15) is 34.0 Å². The molecule has 0 amide bonds. The lowest BCUT2D eigenvalue weighted by atomic mass is 9.81. The Morgan fingerprint density at radius 1 is 1.30 bits per heavy atom. The number of rotatable bonds is 1. The number of aromatic nitrogens is 3. The van der Waals surface area contributed by atoms with Gasteiger partial charge in [-0.1, -0.05) is 0 Å². The summed E-state index contributed by atoms with van der Waals surface area (Å²) >= 11 is 0. The minimum absolute atomic E-state index is 0.0738. The van der Waals surface area contributed by atoms with Gasteiger partial charge in [-0.3, -0.25) is 19.1 Å². The maximum Gasteiger partial charge on any atom is 0.329 e. The van der Waals surface area contributed by atoms with E-state index in [1.807, 2.05) is 6.07 Å². The molecule has 1 aliphatic carbocycles. The number of nitrogens with zero attached hydrogens (tertiary/aromatic N) is 2. The first-order valence-corrected chi connectivity index (χ1v) is 7.23. The van der Waals surface area contributed by atoms with Crippen LogP contribution in [0.2, 0.25) is 0 Å². The summed E-state index contributed by atoms with van der Waals surface area (Å²) in [6.45, 7) is 0. The summed E-state index contributed by atoms with van der Waals surface area (Å²) in [5.41, 5.74) is 0.319. The number of furan rings is 1. The summed E-state index contributed by atoms with van der Waals surface area (Å²) in [5.74, 6) is 0.526. The molecule has 3 heterocycles. The maximum atomic E-state index is 12.4. The largest absolute Gasteiger partial charge is 0.469 e. The van der Waals surface area contributed by atoms with Crippen LogP contribution < -0.4 is 11.2 Å². The van der Waals surface area contributed by atoms with E-state index in [4.69, 9.17) is 4.42 Å². The Morgan fingerprint density at radius 2 is 2.13 bits per heavy atom. The third-order valence-corrected chi connectivity index (χ3v) is 4.36. The minimum atomic E-state index is -0.528. The van der Waals surface area contributed by atoms with E-state index in [9.17, 15) is 14.4 Å². The van der Waals surface area contributed by atoms with E-state index in [1.54, 1.807) is 12.3 Å². The zero-order chi connectivity index (χ0) is 16.1. The molecule has 0 aliphatic heterocycles. The van der Waals surface area contributed by atoms with E-state index in [0.717, 1.165) is 5.76 Å².